The van der Waals surface area contributed by atoms with Crippen LogP contribution in [-0.4, -0.2) is 22.9 Å². The molecule has 1 aliphatic heterocycles. The van der Waals surface area contributed by atoms with Gasteiger partial charge in [0.25, 0.3) is 0 Å². The molecule has 0 unspecified atom stereocenters. The molecule has 1 aromatic rings. The molecule has 0 aliphatic carbocycles. The molecule has 0 atom stereocenters. The van der Waals surface area contributed by atoms with Crippen molar-refractivity contribution < 1.29 is 19.5 Å². The second-order valence-electron chi connectivity index (χ2n) is 4.07. The number of imide groups is 1. The first-order valence-corrected chi connectivity index (χ1v) is 6.25. The normalized spacial score (nSPS) is 15.8. The Kier molecular flexibility index (Phi) is 3.78. The molecule has 1 heterocycles. The van der Waals surface area contributed by atoms with Gasteiger partial charge in [0.15, 0.2) is 0 Å². The third-order valence-electron chi connectivity index (χ3n) is 2.77. The van der Waals surface area contributed by atoms with E-state index in [4.69, 9.17) is 28.3 Å². The van der Waals surface area contributed by atoms with Crippen LogP contribution in [0.3, 0.4) is 0 Å². The number of carbonyl (C=O) groups excluding carboxylic acids is 2. The predicted octanol–water partition coefficient (Wildman–Crippen LogP) is 2.74. The van der Waals surface area contributed by atoms with Crippen LogP contribution in [-0.2, 0) is 9.59 Å². The molecule has 0 saturated carbocycles. The lowest BCUT2D eigenvalue weighted by Gasteiger charge is -2.26. The van der Waals surface area contributed by atoms with Crippen LogP contribution in [0, 0.1) is 0 Å². The van der Waals surface area contributed by atoms with Crippen LogP contribution in [0.2, 0.25) is 10.0 Å². The Hall–Kier alpha value is -1.59. The summed E-state index contributed by atoms with van der Waals surface area (Å²) < 4.78 is 0. The second-order valence-corrected chi connectivity index (χ2v) is 4.88. The Morgan fingerprint density at radius 2 is 1.58 bits per heavy atom. The van der Waals surface area contributed by atoms with E-state index >= 15 is 0 Å². The molecule has 5 nitrogen and oxygen atoms in total. The Bertz CT molecular complexity index is 546. The highest BCUT2D eigenvalue weighted by molar-refractivity contribution is 6.42. The van der Waals surface area contributed by atoms with E-state index < -0.39 is 5.97 Å². The van der Waals surface area contributed by atoms with E-state index in [0.29, 0.717) is 6.42 Å². The monoisotopic (exact) mass is 301 g/mol. The maximum atomic E-state index is 11.8. The van der Waals surface area contributed by atoms with Gasteiger partial charge in [-0.1, -0.05) is 23.2 Å². The second kappa shape index (κ2) is 5.19. The van der Waals surface area contributed by atoms with E-state index in [1.54, 1.807) is 0 Å². The quantitative estimate of drug-likeness (QED) is 0.852. The van der Waals surface area contributed by atoms with Gasteiger partial charge >= 0.3 is 5.97 Å². The van der Waals surface area contributed by atoms with Gasteiger partial charge in [-0.15, -0.1) is 0 Å². The van der Waals surface area contributed by atoms with Crippen molar-refractivity contribution in [2.24, 2.45) is 0 Å². The average molecular weight is 302 g/mol. The van der Waals surface area contributed by atoms with Crippen LogP contribution >= 0.6 is 23.2 Å². The molecule has 0 aromatic heterocycles. The van der Waals surface area contributed by atoms with Crippen molar-refractivity contribution in [3.63, 3.8) is 0 Å². The summed E-state index contributed by atoms with van der Waals surface area (Å²) in [6, 6.07) is 2.33. The molecular formula is C12H9Cl2NO4. The van der Waals surface area contributed by atoms with E-state index in [2.05, 4.69) is 0 Å². The summed E-state index contributed by atoms with van der Waals surface area (Å²) >= 11 is 11.9. The summed E-state index contributed by atoms with van der Waals surface area (Å²) in [7, 11) is 0. The summed E-state index contributed by atoms with van der Waals surface area (Å²) in [4.78, 5) is 35.4. The number of carbonyl (C=O) groups is 3. The number of aromatic carboxylic acids is 1. The largest absolute Gasteiger partial charge is 0.478 e. The molecule has 1 saturated heterocycles. The Balaban J connectivity index is 2.53. The Morgan fingerprint density at radius 3 is 2.00 bits per heavy atom. The third-order valence-corrected chi connectivity index (χ3v) is 3.34. The summed E-state index contributed by atoms with van der Waals surface area (Å²) in [5.41, 5.74) is -0.0429. The minimum Gasteiger partial charge on any atom is -0.478 e. The summed E-state index contributed by atoms with van der Waals surface area (Å²) in [6.07, 6.45) is 0.967. The van der Waals surface area contributed by atoms with Gasteiger partial charge in [-0.25, -0.2) is 9.69 Å². The van der Waals surface area contributed by atoms with Crippen molar-refractivity contribution in [3.8, 4) is 0 Å². The van der Waals surface area contributed by atoms with E-state index in [0.717, 1.165) is 4.90 Å². The van der Waals surface area contributed by atoms with Gasteiger partial charge in [0.2, 0.25) is 11.8 Å². The lowest BCUT2D eigenvalue weighted by molar-refractivity contribution is -0.129. The van der Waals surface area contributed by atoms with Gasteiger partial charge in [-0.05, 0) is 18.6 Å². The minimum absolute atomic E-state index is 0.0338. The highest BCUT2D eigenvalue weighted by Gasteiger charge is 2.31. The van der Waals surface area contributed by atoms with Crippen LogP contribution in [0.25, 0.3) is 0 Å². The maximum Gasteiger partial charge on any atom is 0.335 e. The van der Waals surface area contributed by atoms with Crippen molar-refractivity contribution in [1.29, 1.82) is 0 Å². The van der Waals surface area contributed by atoms with E-state index in [1.165, 1.54) is 12.1 Å². The van der Waals surface area contributed by atoms with Crippen molar-refractivity contribution in [1.82, 2.24) is 0 Å². The molecule has 0 spiro atoms. The molecule has 7 heteroatoms. The first kappa shape index (κ1) is 13.8. The molecule has 19 heavy (non-hydrogen) atoms. The first-order chi connectivity index (χ1) is 8.91. The van der Waals surface area contributed by atoms with Crippen molar-refractivity contribution in [2.75, 3.05) is 4.90 Å². The molecule has 1 N–H and O–H groups in total. The number of piperidine rings is 1. The average Bonchev–Trinajstić information content (AvgIpc) is 2.31. The minimum atomic E-state index is -1.19. The number of benzene rings is 1. The van der Waals surface area contributed by atoms with Crippen molar-refractivity contribution >= 4 is 46.7 Å². The van der Waals surface area contributed by atoms with Gasteiger partial charge in [-0.2, -0.15) is 0 Å². The smallest absolute Gasteiger partial charge is 0.335 e. The molecule has 2 rings (SSSR count). The maximum absolute atomic E-state index is 11.8. The number of nitrogens with zero attached hydrogens (tertiary/aromatic N) is 1. The fraction of sp³-hybridized carbons (Fsp3) is 0.250. The van der Waals surface area contributed by atoms with Crippen molar-refractivity contribution in [2.45, 2.75) is 19.3 Å². The zero-order chi connectivity index (χ0) is 14.2. The fourth-order valence-electron chi connectivity index (χ4n) is 1.91. The fourth-order valence-corrected chi connectivity index (χ4v) is 2.56. The SMILES string of the molecule is O=C(O)c1cc(Cl)c(N2C(=O)CCCC2=O)c(Cl)c1. The Labute approximate surface area is 118 Å². The highest BCUT2D eigenvalue weighted by atomic mass is 35.5. The van der Waals surface area contributed by atoms with Crippen LogP contribution in [0.5, 0.6) is 0 Å². The third kappa shape index (κ3) is 2.57. The first-order valence-electron chi connectivity index (χ1n) is 5.50. The Morgan fingerprint density at radius 1 is 1.11 bits per heavy atom. The van der Waals surface area contributed by atoms with E-state index in [-0.39, 0.29) is 46.0 Å². The number of anilines is 1. The summed E-state index contributed by atoms with van der Waals surface area (Å²) in [6.45, 7) is 0. The van der Waals surface area contributed by atoms with E-state index in [1.807, 2.05) is 0 Å². The lowest BCUT2D eigenvalue weighted by atomic mass is 10.1. The number of hydrogen-bond donors (Lipinski definition) is 1. The number of carboxylic acid groups (broad SMARTS) is 1. The van der Waals surface area contributed by atoms with Gasteiger partial charge in [0.05, 0.1) is 21.3 Å². The summed E-state index contributed by atoms with van der Waals surface area (Å²) in [5, 5.41) is 8.81. The van der Waals surface area contributed by atoms with E-state index in [9.17, 15) is 14.4 Å². The molecule has 0 radical (unpaired) electrons. The molecule has 1 aliphatic rings. The number of carboxylic acids is 1. The molecule has 100 valence electrons. The van der Waals surface area contributed by atoms with Gasteiger partial charge < -0.3 is 5.11 Å². The molecular weight excluding hydrogens is 293 g/mol. The van der Waals surface area contributed by atoms with Gasteiger partial charge in [0, 0.05) is 12.8 Å². The lowest BCUT2D eigenvalue weighted by Crippen LogP contribution is -2.40. The zero-order valence-electron chi connectivity index (χ0n) is 9.65. The van der Waals surface area contributed by atoms with Crippen LogP contribution in [0.1, 0.15) is 29.6 Å². The van der Waals surface area contributed by atoms with Gasteiger partial charge in [-0.3, -0.25) is 9.59 Å². The van der Waals surface area contributed by atoms with Gasteiger partial charge in [0.1, 0.15) is 0 Å². The molecule has 1 fully saturated rings. The number of hydrogen-bond acceptors (Lipinski definition) is 3. The van der Waals surface area contributed by atoms with Crippen LogP contribution < -0.4 is 4.90 Å². The molecule has 0 bridgehead atoms. The molecule has 2 amide bonds. The zero-order valence-corrected chi connectivity index (χ0v) is 11.2. The summed E-state index contributed by atoms with van der Waals surface area (Å²) in [5.74, 6) is -1.96. The topological polar surface area (TPSA) is 74.7 Å². The number of rotatable bonds is 2. The van der Waals surface area contributed by atoms with Crippen molar-refractivity contribution in [3.05, 3.63) is 27.7 Å². The van der Waals surface area contributed by atoms with Crippen LogP contribution in [0.4, 0.5) is 5.69 Å². The standard InChI is InChI=1S/C12H9Cl2NO4/c13-7-4-6(12(18)19)5-8(14)11(7)15-9(16)2-1-3-10(15)17/h4-5H,1-3H2,(H,18,19). The number of halogens is 2. The predicted molar refractivity (Wildman–Crippen MR) is 69.8 cm³/mol. The number of amides is 2. The van der Waals surface area contributed by atoms with Crippen LogP contribution in [0.15, 0.2) is 12.1 Å². The highest BCUT2D eigenvalue weighted by Crippen LogP contribution is 2.37. The molecule has 1 aromatic carbocycles.